The lowest BCUT2D eigenvalue weighted by Gasteiger charge is -2.41. The van der Waals surface area contributed by atoms with E-state index in [1.165, 1.54) is 17.5 Å². The van der Waals surface area contributed by atoms with Gasteiger partial charge in [-0.15, -0.1) is 0 Å². The molecule has 164 valence electrons. The minimum absolute atomic E-state index is 0.0394. The number of hydrogen-bond donors (Lipinski definition) is 1. The Kier molecular flexibility index (Phi) is 4.52. The van der Waals surface area contributed by atoms with Crippen LogP contribution in [0.5, 0.6) is 5.75 Å². The monoisotopic (exact) mass is 420 g/mol. The summed E-state index contributed by atoms with van der Waals surface area (Å²) in [5.41, 5.74) is 3.97. The zero-order chi connectivity index (χ0) is 22.1. The summed E-state index contributed by atoms with van der Waals surface area (Å²) in [6.07, 6.45) is 6.22. The van der Waals surface area contributed by atoms with E-state index < -0.39 is 5.92 Å². The van der Waals surface area contributed by atoms with E-state index in [9.17, 15) is 14.7 Å². The lowest BCUT2D eigenvalue weighted by molar-refractivity contribution is -0.119. The molecule has 1 heterocycles. The van der Waals surface area contributed by atoms with Gasteiger partial charge in [-0.2, -0.15) is 0 Å². The molecule has 3 aliphatic carbocycles. The van der Waals surface area contributed by atoms with Gasteiger partial charge in [0.15, 0.2) is 11.6 Å². The minimum Gasteiger partial charge on any atom is -0.512 e. The zero-order valence-corrected chi connectivity index (χ0v) is 19.1. The first kappa shape index (κ1) is 20.5. The van der Waals surface area contributed by atoms with Crippen molar-refractivity contribution in [1.29, 1.82) is 0 Å². The van der Waals surface area contributed by atoms with E-state index >= 15 is 0 Å². The summed E-state index contributed by atoms with van der Waals surface area (Å²) in [7, 11) is 0. The highest BCUT2D eigenvalue weighted by Gasteiger charge is 2.47. The normalized spacial score (nSPS) is 26.8. The Labute approximate surface area is 184 Å². The number of rotatable bonds is 1. The smallest absolute Gasteiger partial charge is 0.163 e. The Morgan fingerprint density at radius 2 is 1.52 bits per heavy atom. The number of fused-ring (bicyclic) bond motifs is 3. The number of aliphatic hydroxyl groups is 1. The summed E-state index contributed by atoms with van der Waals surface area (Å²) in [5.74, 6) is 1.16. The summed E-state index contributed by atoms with van der Waals surface area (Å²) >= 11 is 0. The molecule has 0 saturated carbocycles. The third kappa shape index (κ3) is 3.35. The number of allylic oxidation sites excluding steroid dienone is 4. The van der Waals surface area contributed by atoms with E-state index in [2.05, 4.69) is 19.9 Å². The number of aliphatic hydroxyl groups excluding tert-OH is 1. The molecule has 0 radical (unpaired) electrons. The predicted octanol–water partition coefficient (Wildman–Crippen LogP) is 5.89. The minimum atomic E-state index is -0.516. The third-order valence-electron chi connectivity index (χ3n) is 7.40. The first-order valence-electron chi connectivity index (χ1n) is 11.6. The van der Waals surface area contributed by atoms with Gasteiger partial charge in [-0.3, -0.25) is 9.59 Å². The average molecular weight is 421 g/mol. The number of aryl methyl sites for hydroxylation is 1. The number of ether oxygens (including phenoxy) is 1. The topological polar surface area (TPSA) is 63.6 Å². The number of benzene rings is 1. The SMILES string of the molecule is CC1(C)CC(=O)C(C2C3=C(CC(C)(C)CC3=O)Oc3c2ccc2c3CCCC2)=C(O)C1. The fourth-order valence-corrected chi connectivity index (χ4v) is 6.06. The van der Waals surface area contributed by atoms with Gasteiger partial charge in [-0.1, -0.05) is 39.8 Å². The number of carbonyl (C=O) groups is 2. The zero-order valence-electron chi connectivity index (χ0n) is 19.1. The van der Waals surface area contributed by atoms with Gasteiger partial charge in [-0.05, 0) is 47.6 Å². The highest BCUT2D eigenvalue weighted by Crippen LogP contribution is 2.54. The Morgan fingerprint density at radius 1 is 0.871 bits per heavy atom. The Morgan fingerprint density at radius 3 is 2.23 bits per heavy atom. The molecule has 1 aromatic carbocycles. The Bertz CT molecular complexity index is 1070. The summed E-state index contributed by atoms with van der Waals surface area (Å²) < 4.78 is 6.52. The largest absolute Gasteiger partial charge is 0.512 e. The number of hydrogen-bond acceptors (Lipinski definition) is 4. The van der Waals surface area contributed by atoms with Crippen LogP contribution in [0.2, 0.25) is 0 Å². The first-order valence-corrected chi connectivity index (χ1v) is 11.6. The molecule has 0 bridgehead atoms. The van der Waals surface area contributed by atoms with Crippen LogP contribution in [0.25, 0.3) is 0 Å². The van der Waals surface area contributed by atoms with Gasteiger partial charge in [0.25, 0.3) is 0 Å². The maximum absolute atomic E-state index is 13.4. The van der Waals surface area contributed by atoms with Crippen LogP contribution in [-0.4, -0.2) is 16.7 Å². The average Bonchev–Trinajstić information content (AvgIpc) is 2.64. The quantitative estimate of drug-likeness (QED) is 0.616. The van der Waals surface area contributed by atoms with Crippen molar-refractivity contribution in [2.45, 2.75) is 85.0 Å². The van der Waals surface area contributed by atoms with Gasteiger partial charge in [0.2, 0.25) is 0 Å². The Balaban J connectivity index is 1.75. The first-order chi connectivity index (χ1) is 14.6. The van der Waals surface area contributed by atoms with Crippen molar-refractivity contribution in [3.63, 3.8) is 0 Å². The van der Waals surface area contributed by atoms with E-state index in [0.717, 1.165) is 30.6 Å². The third-order valence-corrected chi connectivity index (χ3v) is 7.40. The van der Waals surface area contributed by atoms with Crippen LogP contribution in [0.15, 0.2) is 34.8 Å². The number of carbonyl (C=O) groups excluding carboxylic acids is 2. The van der Waals surface area contributed by atoms with Crippen LogP contribution in [0.3, 0.4) is 0 Å². The van der Waals surface area contributed by atoms with Crippen molar-refractivity contribution in [2.24, 2.45) is 10.8 Å². The van der Waals surface area contributed by atoms with Gasteiger partial charge in [0.1, 0.15) is 17.3 Å². The molecule has 5 rings (SSSR count). The molecule has 0 fully saturated rings. The maximum Gasteiger partial charge on any atom is 0.163 e. The van der Waals surface area contributed by atoms with Crippen LogP contribution in [-0.2, 0) is 22.4 Å². The molecule has 1 aromatic rings. The van der Waals surface area contributed by atoms with Gasteiger partial charge < -0.3 is 9.84 Å². The summed E-state index contributed by atoms with van der Waals surface area (Å²) in [5, 5.41) is 11.1. The lowest BCUT2D eigenvalue weighted by atomic mass is 9.65. The number of ketones is 2. The van der Waals surface area contributed by atoms with Gasteiger partial charge >= 0.3 is 0 Å². The second kappa shape index (κ2) is 6.82. The van der Waals surface area contributed by atoms with E-state index in [4.69, 9.17) is 4.74 Å². The molecular weight excluding hydrogens is 388 g/mol. The van der Waals surface area contributed by atoms with Crippen LogP contribution in [0.1, 0.15) is 88.8 Å². The fraction of sp³-hybridized carbons (Fsp3) is 0.556. The van der Waals surface area contributed by atoms with Gasteiger partial charge in [0.05, 0.1) is 5.92 Å². The van der Waals surface area contributed by atoms with Crippen LogP contribution >= 0.6 is 0 Å². The van der Waals surface area contributed by atoms with E-state index in [0.29, 0.717) is 42.6 Å². The molecule has 31 heavy (non-hydrogen) atoms. The molecular formula is C27H32O4. The second-order valence-electron chi connectivity index (χ2n) is 11.4. The molecule has 1 aliphatic heterocycles. The molecule has 4 heteroatoms. The summed E-state index contributed by atoms with van der Waals surface area (Å²) in [6, 6.07) is 4.18. The van der Waals surface area contributed by atoms with Crippen molar-refractivity contribution < 1.29 is 19.4 Å². The maximum atomic E-state index is 13.4. The van der Waals surface area contributed by atoms with Crippen LogP contribution < -0.4 is 4.74 Å². The molecule has 0 amide bonds. The van der Waals surface area contributed by atoms with Gasteiger partial charge in [0, 0.05) is 42.4 Å². The molecule has 4 nitrogen and oxygen atoms in total. The highest BCUT2D eigenvalue weighted by atomic mass is 16.5. The van der Waals surface area contributed by atoms with Crippen molar-refractivity contribution >= 4 is 11.6 Å². The molecule has 4 aliphatic rings. The van der Waals surface area contributed by atoms with Crippen molar-refractivity contribution in [2.75, 3.05) is 0 Å². The molecule has 0 aromatic heterocycles. The molecule has 1 unspecified atom stereocenters. The summed E-state index contributed by atoms with van der Waals surface area (Å²) in [4.78, 5) is 26.7. The van der Waals surface area contributed by atoms with Crippen LogP contribution in [0.4, 0.5) is 0 Å². The summed E-state index contributed by atoms with van der Waals surface area (Å²) in [6.45, 7) is 8.19. The predicted molar refractivity (Wildman–Crippen MR) is 119 cm³/mol. The molecule has 1 N–H and O–H groups in total. The van der Waals surface area contributed by atoms with E-state index in [1.54, 1.807) is 0 Å². The molecule has 0 spiro atoms. The van der Waals surface area contributed by atoms with Crippen molar-refractivity contribution in [1.82, 2.24) is 0 Å². The van der Waals surface area contributed by atoms with Crippen LogP contribution in [0, 0.1) is 10.8 Å². The number of Topliss-reactive ketones (excluding diaryl/α,β-unsaturated/α-hetero) is 2. The van der Waals surface area contributed by atoms with E-state index in [1.807, 2.05) is 19.9 Å². The Hall–Kier alpha value is -2.36. The van der Waals surface area contributed by atoms with Crippen molar-refractivity contribution in [3.8, 4) is 5.75 Å². The standard InChI is InChI=1S/C27H32O4/c1-26(2)11-18(28)23(19(29)12-26)22-17-10-9-15-7-5-6-8-16(15)25(17)31-21-14-27(3,4)13-20(30)24(21)22/h9-10,22,28H,5-8,11-14H2,1-4H3. The highest BCUT2D eigenvalue weighted by molar-refractivity contribution is 6.06. The van der Waals surface area contributed by atoms with E-state index in [-0.39, 0.29) is 28.2 Å². The fourth-order valence-electron chi connectivity index (χ4n) is 6.06. The lowest BCUT2D eigenvalue weighted by Crippen LogP contribution is -2.36. The van der Waals surface area contributed by atoms with Crippen molar-refractivity contribution in [3.05, 3.63) is 51.5 Å². The molecule has 1 atom stereocenters. The second-order valence-corrected chi connectivity index (χ2v) is 11.4. The van der Waals surface area contributed by atoms with Gasteiger partial charge in [-0.25, -0.2) is 0 Å². The molecule has 0 saturated heterocycles.